The lowest BCUT2D eigenvalue weighted by Crippen LogP contribution is -2.30. The predicted molar refractivity (Wildman–Crippen MR) is 66.1 cm³/mol. The number of hydrogen-bond acceptors (Lipinski definition) is 4. The van der Waals surface area contributed by atoms with Crippen molar-refractivity contribution in [3.8, 4) is 6.07 Å². The maximum absolute atomic E-state index is 11.2. The van der Waals surface area contributed by atoms with Crippen molar-refractivity contribution >= 4 is 23.3 Å². The topological polar surface area (TPSA) is 53.3 Å². The van der Waals surface area contributed by atoms with Gasteiger partial charge in [0.15, 0.2) is 0 Å². The summed E-state index contributed by atoms with van der Waals surface area (Å²) >= 11 is 5.82. The van der Waals surface area contributed by atoms with Crippen LogP contribution in [0.3, 0.4) is 0 Å². The number of likely N-dealkylation sites (N-methyl/N-ethyl adjacent to an activating group) is 1. The molecule has 1 aromatic carbocycles. The highest BCUT2D eigenvalue weighted by Gasteiger charge is 2.13. The Morgan fingerprint density at radius 2 is 2.29 bits per heavy atom. The molecule has 5 heteroatoms. The minimum atomic E-state index is -0.342. The van der Waals surface area contributed by atoms with Crippen LogP contribution in [0.4, 0.5) is 5.69 Å². The largest absolute Gasteiger partial charge is 0.468 e. The number of nitrogens with zero attached hydrogens (tertiary/aromatic N) is 2. The lowest BCUT2D eigenvalue weighted by atomic mass is 10.1. The summed E-state index contributed by atoms with van der Waals surface area (Å²) in [6.45, 7) is 2.62. The van der Waals surface area contributed by atoms with Gasteiger partial charge >= 0.3 is 5.97 Å². The number of benzene rings is 1. The van der Waals surface area contributed by atoms with Crippen LogP contribution in [0.2, 0.25) is 5.02 Å². The minimum Gasteiger partial charge on any atom is -0.468 e. The van der Waals surface area contributed by atoms with Crippen LogP contribution in [-0.4, -0.2) is 26.2 Å². The number of anilines is 1. The summed E-state index contributed by atoms with van der Waals surface area (Å²) in [6, 6.07) is 7.07. The zero-order valence-corrected chi connectivity index (χ0v) is 10.5. The molecule has 1 aromatic rings. The molecule has 0 atom stereocenters. The van der Waals surface area contributed by atoms with Gasteiger partial charge in [0.25, 0.3) is 0 Å². The average Bonchev–Trinajstić information content (AvgIpc) is 2.35. The number of halogens is 1. The first kappa shape index (κ1) is 13.3. The summed E-state index contributed by atoms with van der Waals surface area (Å²) in [5.74, 6) is -0.342. The van der Waals surface area contributed by atoms with Crippen LogP contribution < -0.4 is 4.90 Å². The van der Waals surface area contributed by atoms with E-state index >= 15 is 0 Å². The summed E-state index contributed by atoms with van der Waals surface area (Å²) in [4.78, 5) is 13.0. The van der Waals surface area contributed by atoms with Crippen molar-refractivity contribution in [1.82, 2.24) is 0 Å². The summed E-state index contributed by atoms with van der Waals surface area (Å²) in [6.07, 6.45) is 0. The van der Waals surface area contributed by atoms with Gasteiger partial charge in [-0.15, -0.1) is 0 Å². The van der Waals surface area contributed by atoms with Gasteiger partial charge in [-0.05, 0) is 25.1 Å². The number of nitriles is 1. The molecule has 0 radical (unpaired) electrons. The summed E-state index contributed by atoms with van der Waals surface area (Å²) in [5.41, 5.74) is 1.13. The van der Waals surface area contributed by atoms with Gasteiger partial charge in [0.2, 0.25) is 0 Å². The molecule has 0 spiro atoms. The van der Waals surface area contributed by atoms with Crippen molar-refractivity contribution in [3.63, 3.8) is 0 Å². The van der Waals surface area contributed by atoms with E-state index in [1.807, 2.05) is 6.92 Å². The number of carbonyl (C=O) groups is 1. The van der Waals surface area contributed by atoms with Crippen LogP contribution in [-0.2, 0) is 9.53 Å². The minimum absolute atomic E-state index is 0.114. The molecule has 90 valence electrons. The molecular weight excluding hydrogens is 240 g/mol. The molecule has 0 bridgehead atoms. The maximum Gasteiger partial charge on any atom is 0.325 e. The predicted octanol–water partition coefficient (Wildman–Crippen LogP) is 2.21. The highest BCUT2D eigenvalue weighted by molar-refractivity contribution is 6.30. The van der Waals surface area contributed by atoms with Crippen LogP contribution in [0.15, 0.2) is 18.2 Å². The standard InChI is InChI=1S/C12H13ClN2O2/c1-3-15(8-12(16)17-2)11-5-4-10(13)6-9(11)7-14/h4-6H,3,8H2,1-2H3. The second-order valence-corrected chi connectivity index (χ2v) is 3.80. The molecular formula is C12H13ClN2O2. The number of ether oxygens (including phenoxy) is 1. The Bertz CT molecular complexity index is 454. The Hall–Kier alpha value is -1.73. The average molecular weight is 253 g/mol. The normalized spacial score (nSPS) is 9.53. The van der Waals surface area contributed by atoms with E-state index < -0.39 is 0 Å². The first-order valence-corrected chi connectivity index (χ1v) is 5.51. The monoisotopic (exact) mass is 252 g/mol. The Morgan fingerprint density at radius 3 is 2.82 bits per heavy atom. The smallest absolute Gasteiger partial charge is 0.325 e. The highest BCUT2D eigenvalue weighted by atomic mass is 35.5. The molecule has 0 N–H and O–H groups in total. The quantitative estimate of drug-likeness (QED) is 0.771. The zero-order valence-electron chi connectivity index (χ0n) is 9.74. The number of esters is 1. The second kappa shape index (κ2) is 6.12. The van der Waals surface area contributed by atoms with E-state index in [1.54, 1.807) is 23.1 Å². The first-order valence-electron chi connectivity index (χ1n) is 5.13. The number of methoxy groups -OCH3 is 1. The van der Waals surface area contributed by atoms with Crippen LogP contribution in [0.25, 0.3) is 0 Å². The summed E-state index contributed by atoms with van der Waals surface area (Å²) in [5, 5.41) is 9.53. The van der Waals surface area contributed by atoms with E-state index in [0.717, 1.165) is 0 Å². The van der Waals surface area contributed by atoms with Gasteiger partial charge in [-0.2, -0.15) is 5.26 Å². The molecule has 4 nitrogen and oxygen atoms in total. The summed E-state index contributed by atoms with van der Waals surface area (Å²) < 4.78 is 4.61. The number of rotatable bonds is 4. The fourth-order valence-corrected chi connectivity index (χ4v) is 1.63. The van der Waals surface area contributed by atoms with E-state index in [-0.39, 0.29) is 12.5 Å². The van der Waals surface area contributed by atoms with Crippen molar-refractivity contribution in [2.75, 3.05) is 25.1 Å². The van der Waals surface area contributed by atoms with Crippen molar-refractivity contribution < 1.29 is 9.53 Å². The van der Waals surface area contributed by atoms with Crippen LogP contribution in [0, 0.1) is 11.3 Å². The van der Waals surface area contributed by atoms with E-state index in [9.17, 15) is 4.79 Å². The van der Waals surface area contributed by atoms with Crippen molar-refractivity contribution in [2.24, 2.45) is 0 Å². The van der Waals surface area contributed by atoms with Crippen molar-refractivity contribution in [2.45, 2.75) is 6.92 Å². The van der Waals surface area contributed by atoms with Crippen LogP contribution in [0.5, 0.6) is 0 Å². The molecule has 1 rings (SSSR count). The molecule has 0 amide bonds. The van der Waals surface area contributed by atoms with Crippen LogP contribution in [0.1, 0.15) is 12.5 Å². The molecule has 0 aromatic heterocycles. The SMILES string of the molecule is CCN(CC(=O)OC)c1ccc(Cl)cc1C#N. The van der Waals surface area contributed by atoms with Crippen LogP contribution >= 0.6 is 11.6 Å². The van der Waals surface area contributed by atoms with E-state index in [2.05, 4.69) is 10.8 Å². The molecule has 0 saturated carbocycles. The van der Waals surface area contributed by atoms with Crippen molar-refractivity contribution in [3.05, 3.63) is 28.8 Å². The maximum atomic E-state index is 11.2. The molecule has 0 unspecified atom stereocenters. The van der Waals surface area contributed by atoms with Gasteiger partial charge in [-0.3, -0.25) is 4.79 Å². The Morgan fingerprint density at radius 1 is 1.59 bits per heavy atom. The van der Waals surface area contributed by atoms with Crippen molar-refractivity contribution in [1.29, 1.82) is 5.26 Å². The molecule has 0 saturated heterocycles. The van der Waals surface area contributed by atoms with Gasteiger partial charge < -0.3 is 9.64 Å². The Labute approximate surface area is 105 Å². The third-order valence-corrected chi connectivity index (χ3v) is 2.58. The Kier molecular flexibility index (Phi) is 4.80. The van der Waals surface area contributed by atoms with Gasteiger partial charge in [0, 0.05) is 11.6 Å². The molecule has 0 fully saturated rings. The molecule has 0 aliphatic rings. The highest BCUT2D eigenvalue weighted by Crippen LogP contribution is 2.23. The van der Waals surface area contributed by atoms with Gasteiger partial charge in [0.05, 0.1) is 18.4 Å². The molecule has 0 aliphatic heterocycles. The second-order valence-electron chi connectivity index (χ2n) is 3.36. The van der Waals surface area contributed by atoms with Gasteiger partial charge in [-0.1, -0.05) is 11.6 Å². The van der Waals surface area contributed by atoms with E-state index in [0.29, 0.717) is 22.8 Å². The van der Waals surface area contributed by atoms with Gasteiger partial charge in [-0.25, -0.2) is 0 Å². The van der Waals surface area contributed by atoms with E-state index in [1.165, 1.54) is 7.11 Å². The zero-order chi connectivity index (χ0) is 12.8. The molecule has 17 heavy (non-hydrogen) atoms. The summed E-state index contributed by atoms with van der Waals surface area (Å²) in [7, 11) is 1.34. The lowest BCUT2D eigenvalue weighted by molar-refractivity contribution is -0.138. The Balaban J connectivity index is 3.04. The molecule has 0 aliphatic carbocycles. The third-order valence-electron chi connectivity index (χ3n) is 2.35. The lowest BCUT2D eigenvalue weighted by Gasteiger charge is -2.22. The van der Waals surface area contributed by atoms with Gasteiger partial charge in [0.1, 0.15) is 12.6 Å². The first-order chi connectivity index (χ1) is 8.12. The number of carbonyl (C=O) groups excluding carboxylic acids is 1. The van der Waals surface area contributed by atoms with E-state index in [4.69, 9.17) is 16.9 Å². The molecule has 0 heterocycles. The fourth-order valence-electron chi connectivity index (χ4n) is 1.46. The fraction of sp³-hybridized carbons (Fsp3) is 0.333. The third kappa shape index (κ3) is 3.36. The number of hydrogen-bond donors (Lipinski definition) is 0.